The standard InChI is InChI=1S/C17H21FN2O/c18-12-3-1-2-9(7-12)13-8-14(13)20-17(21)15-10-4-5-11(6-10)16(15)19/h1-3,7,10-11,13-16H,4-6,8,19H2,(H,20,21). The molecule has 0 radical (unpaired) electrons. The summed E-state index contributed by atoms with van der Waals surface area (Å²) in [5.74, 6) is 1.20. The Labute approximate surface area is 124 Å². The molecular weight excluding hydrogens is 267 g/mol. The van der Waals surface area contributed by atoms with Gasteiger partial charge in [0.2, 0.25) is 5.91 Å². The molecule has 4 rings (SSSR count). The van der Waals surface area contributed by atoms with Crippen LogP contribution in [0.15, 0.2) is 24.3 Å². The summed E-state index contributed by atoms with van der Waals surface area (Å²) >= 11 is 0. The fourth-order valence-electron chi connectivity index (χ4n) is 4.46. The fraction of sp³-hybridized carbons (Fsp3) is 0.588. The Morgan fingerprint density at radius 3 is 2.76 bits per heavy atom. The van der Waals surface area contributed by atoms with Crippen LogP contribution in [0.2, 0.25) is 0 Å². The number of carbonyl (C=O) groups is 1. The molecule has 3 aliphatic rings. The summed E-state index contributed by atoms with van der Waals surface area (Å²) in [4.78, 5) is 12.5. The van der Waals surface area contributed by atoms with E-state index < -0.39 is 0 Å². The number of amides is 1. The highest BCUT2D eigenvalue weighted by Crippen LogP contribution is 2.48. The van der Waals surface area contributed by atoms with Crippen LogP contribution < -0.4 is 11.1 Å². The molecule has 4 heteroatoms. The van der Waals surface area contributed by atoms with Gasteiger partial charge in [-0.1, -0.05) is 12.1 Å². The third kappa shape index (κ3) is 2.26. The van der Waals surface area contributed by atoms with Gasteiger partial charge in [-0.2, -0.15) is 0 Å². The quantitative estimate of drug-likeness (QED) is 0.895. The Morgan fingerprint density at radius 1 is 1.24 bits per heavy atom. The zero-order valence-electron chi connectivity index (χ0n) is 12.0. The maximum atomic E-state index is 13.2. The molecule has 1 aromatic rings. The van der Waals surface area contributed by atoms with Crippen LogP contribution in [-0.2, 0) is 4.79 Å². The van der Waals surface area contributed by atoms with Crippen molar-refractivity contribution >= 4 is 5.91 Å². The number of halogens is 1. The molecule has 21 heavy (non-hydrogen) atoms. The molecular formula is C17H21FN2O. The molecule has 0 aliphatic heterocycles. The van der Waals surface area contributed by atoms with Gasteiger partial charge < -0.3 is 11.1 Å². The number of nitrogens with two attached hydrogens (primary N) is 1. The van der Waals surface area contributed by atoms with Gasteiger partial charge in [-0.3, -0.25) is 4.79 Å². The van der Waals surface area contributed by atoms with Crippen LogP contribution in [0.4, 0.5) is 4.39 Å². The first-order valence-corrected chi connectivity index (χ1v) is 7.95. The van der Waals surface area contributed by atoms with E-state index in [9.17, 15) is 9.18 Å². The first-order chi connectivity index (χ1) is 10.1. The third-order valence-electron chi connectivity index (χ3n) is 5.68. The van der Waals surface area contributed by atoms with Crippen LogP contribution in [0.1, 0.15) is 37.2 Å². The summed E-state index contributed by atoms with van der Waals surface area (Å²) in [5.41, 5.74) is 7.20. The predicted molar refractivity (Wildman–Crippen MR) is 78.0 cm³/mol. The van der Waals surface area contributed by atoms with Crippen molar-refractivity contribution in [3.63, 3.8) is 0 Å². The van der Waals surface area contributed by atoms with E-state index in [1.54, 1.807) is 12.1 Å². The second kappa shape index (κ2) is 4.80. The van der Waals surface area contributed by atoms with Gasteiger partial charge in [-0.05, 0) is 55.2 Å². The van der Waals surface area contributed by atoms with Crippen LogP contribution in [0.25, 0.3) is 0 Å². The van der Waals surface area contributed by atoms with Gasteiger partial charge in [-0.15, -0.1) is 0 Å². The number of hydrogen-bond donors (Lipinski definition) is 2. The lowest BCUT2D eigenvalue weighted by molar-refractivity contribution is -0.127. The van der Waals surface area contributed by atoms with Crippen LogP contribution in [0, 0.1) is 23.6 Å². The summed E-state index contributed by atoms with van der Waals surface area (Å²) < 4.78 is 13.2. The molecule has 2 bridgehead atoms. The van der Waals surface area contributed by atoms with Crippen molar-refractivity contribution < 1.29 is 9.18 Å². The first-order valence-electron chi connectivity index (χ1n) is 7.95. The van der Waals surface area contributed by atoms with Gasteiger partial charge in [0.15, 0.2) is 0 Å². The van der Waals surface area contributed by atoms with Crippen LogP contribution in [-0.4, -0.2) is 18.0 Å². The SMILES string of the molecule is NC1C2CCC(C2)C1C(=O)NC1CC1c1cccc(F)c1. The van der Waals surface area contributed by atoms with Crippen molar-refractivity contribution in [3.05, 3.63) is 35.6 Å². The summed E-state index contributed by atoms with van der Waals surface area (Å²) in [5, 5.41) is 3.14. The number of fused-ring (bicyclic) bond motifs is 2. The van der Waals surface area contributed by atoms with Crippen LogP contribution >= 0.6 is 0 Å². The lowest BCUT2D eigenvalue weighted by Crippen LogP contribution is -2.46. The average Bonchev–Trinajstić information content (AvgIpc) is 2.92. The van der Waals surface area contributed by atoms with Crippen molar-refractivity contribution in [2.45, 2.75) is 43.7 Å². The summed E-state index contributed by atoms with van der Waals surface area (Å²) in [6.07, 6.45) is 4.36. The van der Waals surface area contributed by atoms with E-state index in [0.29, 0.717) is 11.8 Å². The Morgan fingerprint density at radius 2 is 2.05 bits per heavy atom. The number of rotatable bonds is 3. The van der Waals surface area contributed by atoms with Crippen molar-refractivity contribution in [2.75, 3.05) is 0 Å². The molecule has 0 spiro atoms. The number of nitrogens with one attached hydrogen (secondary N) is 1. The topological polar surface area (TPSA) is 55.1 Å². The highest BCUT2D eigenvalue weighted by molar-refractivity contribution is 5.81. The van der Waals surface area contributed by atoms with Gasteiger partial charge in [0, 0.05) is 18.0 Å². The highest BCUT2D eigenvalue weighted by Gasteiger charge is 2.50. The molecule has 3 nitrogen and oxygen atoms in total. The normalized spacial score (nSPS) is 40.3. The summed E-state index contributed by atoms with van der Waals surface area (Å²) in [7, 11) is 0. The van der Waals surface area contributed by atoms with E-state index in [4.69, 9.17) is 5.73 Å². The minimum absolute atomic E-state index is 0.00231. The van der Waals surface area contributed by atoms with Gasteiger partial charge in [0.1, 0.15) is 5.82 Å². The summed E-state index contributed by atoms with van der Waals surface area (Å²) in [6.45, 7) is 0. The molecule has 3 fully saturated rings. The van der Waals surface area contributed by atoms with Crippen LogP contribution in [0.3, 0.4) is 0 Å². The Hall–Kier alpha value is -1.42. The van der Waals surface area contributed by atoms with E-state index in [0.717, 1.165) is 24.8 Å². The molecule has 0 aromatic heterocycles. The number of hydrogen-bond acceptors (Lipinski definition) is 2. The lowest BCUT2D eigenvalue weighted by atomic mass is 9.84. The van der Waals surface area contributed by atoms with Crippen molar-refractivity contribution in [1.82, 2.24) is 5.32 Å². The molecule has 112 valence electrons. The Kier molecular flexibility index (Phi) is 3.03. The first kappa shape index (κ1) is 13.3. The fourth-order valence-corrected chi connectivity index (χ4v) is 4.46. The predicted octanol–water partition coefficient (Wildman–Crippen LogP) is 2.17. The van der Waals surface area contributed by atoms with E-state index in [2.05, 4.69) is 5.32 Å². The third-order valence-corrected chi connectivity index (χ3v) is 5.68. The summed E-state index contributed by atoms with van der Waals surface area (Å²) in [6, 6.07) is 6.88. The molecule has 3 N–H and O–H groups in total. The van der Waals surface area contributed by atoms with Gasteiger partial charge in [0.05, 0.1) is 5.92 Å². The smallest absolute Gasteiger partial charge is 0.225 e. The van der Waals surface area contributed by atoms with E-state index in [1.807, 2.05) is 6.07 Å². The number of benzene rings is 1. The number of carbonyl (C=O) groups excluding carboxylic acids is 1. The Bertz CT molecular complexity index is 574. The largest absolute Gasteiger partial charge is 0.352 e. The monoisotopic (exact) mass is 288 g/mol. The second-order valence-corrected chi connectivity index (χ2v) is 6.95. The lowest BCUT2D eigenvalue weighted by Gasteiger charge is -2.27. The molecule has 6 atom stereocenters. The van der Waals surface area contributed by atoms with Crippen molar-refractivity contribution in [2.24, 2.45) is 23.5 Å². The minimum atomic E-state index is -0.209. The molecule has 1 aromatic carbocycles. The zero-order chi connectivity index (χ0) is 14.6. The zero-order valence-corrected chi connectivity index (χ0v) is 12.0. The van der Waals surface area contributed by atoms with E-state index in [-0.39, 0.29) is 35.6 Å². The van der Waals surface area contributed by atoms with Gasteiger partial charge in [-0.25, -0.2) is 4.39 Å². The molecule has 6 unspecified atom stereocenters. The van der Waals surface area contributed by atoms with Crippen LogP contribution in [0.5, 0.6) is 0 Å². The van der Waals surface area contributed by atoms with Gasteiger partial charge >= 0.3 is 0 Å². The highest BCUT2D eigenvalue weighted by atomic mass is 19.1. The van der Waals surface area contributed by atoms with E-state index >= 15 is 0 Å². The molecule has 0 heterocycles. The minimum Gasteiger partial charge on any atom is -0.352 e. The van der Waals surface area contributed by atoms with Crippen molar-refractivity contribution in [3.8, 4) is 0 Å². The second-order valence-electron chi connectivity index (χ2n) is 6.95. The average molecular weight is 288 g/mol. The van der Waals surface area contributed by atoms with Gasteiger partial charge in [0.25, 0.3) is 0 Å². The molecule has 0 saturated heterocycles. The van der Waals surface area contributed by atoms with E-state index in [1.165, 1.54) is 12.5 Å². The van der Waals surface area contributed by atoms with Crippen molar-refractivity contribution in [1.29, 1.82) is 0 Å². The maximum absolute atomic E-state index is 13.2. The molecule has 1 amide bonds. The molecule has 3 aliphatic carbocycles. The Balaban J connectivity index is 1.39. The maximum Gasteiger partial charge on any atom is 0.225 e. The molecule has 3 saturated carbocycles.